The predicted octanol–water partition coefficient (Wildman–Crippen LogP) is 5.06. The summed E-state index contributed by atoms with van der Waals surface area (Å²) in [4.78, 5) is 38.4. The molecule has 1 aliphatic heterocycles. The second-order valence-electron chi connectivity index (χ2n) is 9.34. The fourth-order valence-electron chi connectivity index (χ4n) is 3.73. The minimum atomic E-state index is -2.56. The fourth-order valence-corrected chi connectivity index (χ4v) is 6.61. The van der Waals surface area contributed by atoms with Gasteiger partial charge in [-0.2, -0.15) is 9.46 Å². The number of aryl methyl sites for hydroxylation is 1. The number of hydrogen-bond donors (Lipinski definition) is 0. The molecule has 1 aromatic heterocycles. The molecule has 0 bridgehead atoms. The number of carbonyl (C=O) groups is 3. The molecule has 0 aliphatic carbocycles. The van der Waals surface area contributed by atoms with Crippen LogP contribution in [0.5, 0.6) is 5.88 Å². The lowest BCUT2D eigenvalue weighted by Crippen LogP contribution is -2.17. The number of ketones is 1. The Balaban J connectivity index is 2.08. The topological polar surface area (TPSA) is 117 Å². The van der Waals surface area contributed by atoms with E-state index in [9.17, 15) is 18.6 Å². The molecule has 3 rings (SSSR count). The van der Waals surface area contributed by atoms with Gasteiger partial charge in [-0.3, -0.25) is 4.79 Å². The maximum absolute atomic E-state index is 13.6. The maximum atomic E-state index is 13.6. The van der Waals surface area contributed by atoms with Gasteiger partial charge in [-0.15, -0.1) is 0 Å². The lowest BCUT2D eigenvalue weighted by Gasteiger charge is -2.18. The van der Waals surface area contributed by atoms with Gasteiger partial charge in [0, 0.05) is 28.9 Å². The maximum Gasteiger partial charge on any atom is 0.374 e. The van der Waals surface area contributed by atoms with Gasteiger partial charge in [0.25, 0.3) is 0 Å². The third-order valence-electron chi connectivity index (χ3n) is 5.46. The third-order valence-corrected chi connectivity index (χ3v) is 8.69. The second kappa shape index (κ2) is 10.5. The molecule has 0 amide bonds. The van der Waals surface area contributed by atoms with Crippen molar-refractivity contribution in [2.24, 2.45) is 11.4 Å². The number of rotatable bonds is 5. The molecule has 11 heteroatoms. The van der Waals surface area contributed by atoms with E-state index in [0.717, 1.165) is 31.0 Å². The summed E-state index contributed by atoms with van der Waals surface area (Å²) < 4.78 is 29.2. The van der Waals surface area contributed by atoms with Crippen molar-refractivity contribution in [3.8, 4) is 5.88 Å². The summed E-state index contributed by atoms with van der Waals surface area (Å²) >= 11 is 1.00. The first-order valence-corrected chi connectivity index (χ1v) is 13.9. The number of carbonyl (C=O) groups excluding carboxylic acids is 3. The summed E-state index contributed by atoms with van der Waals surface area (Å²) in [6, 6.07) is 2.95. The van der Waals surface area contributed by atoms with Crippen LogP contribution in [0.3, 0.4) is 0 Å². The highest BCUT2D eigenvalue weighted by Crippen LogP contribution is 2.34. The van der Waals surface area contributed by atoms with Gasteiger partial charge in [-0.1, -0.05) is 27.2 Å². The molecule has 1 aliphatic rings. The fraction of sp³-hybridized carbons (Fsp3) is 0.500. The van der Waals surface area contributed by atoms with Gasteiger partial charge >= 0.3 is 11.3 Å². The van der Waals surface area contributed by atoms with Crippen LogP contribution in [-0.2, 0) is 21.5 Å². The average molecular weight is 522 g/mol. The first-order chi connectivity index (χ1) is 16.3. The van der Waals surface area contributed by atoms with Crippen LogP contribution in [0.4, 0.5) is 10.5 Å². The Kier molecular flexibility index (Phi) is 8.10. The summed E-state index contributed by atoms with van der Waals surface area (Å²) in [6.45, 7) is 7.29. The van der Waals surface area contributed by atoms with Gasteiger partial charge in [0.2, 0.25) is 5.88 Å². The molecule has 1 aromatic carbocycles. The molecule has 0 saturated carbocycles. The summed E-state index contributed by atoms with van der Waals surface area (Å²) in [5, 5.41) is 3.54. The molecule has 0 unspecified atom stereocenters. The Morgan fingerprint density at radius 1 is 1.09 bits per heavy atom. The van der Waals surface area contributed by atoms with Gasteiger partial charge in [0.15, 0.2) is 5.78 Å². The molecule has 2 heterocycles. The van der Waals surface area contributed by atoms with Crippen LogP contribution >= 0.6 is 11.8 Å². The number of aromatic nitrogens is 2. The van der Waals surface area contributed by atoms with E-state index < -0.39 is 26.8 Å². The van der Waals surface area contributed by atoms with E-state index in [2.05, 4.69) is 9.46 Å². The second-order valence-corrected chi connectivity index (χ2v) is 13.6. The Hall–Kier alpha value is -2.66. The SMILES string of the molecule is COC(=O)c1ccc(C(=O)c2cnn(C)c2OC(=O)SC(C)(C)C)c(C)c1N=S1(=O)CCCCC1. The van der Waals surface area contributed by atoms with E-state index >= 15 is 0 Å². The van der Waals surface area contributed by atoms with E-state index in [1.807, 2.05) is 20.8 Å². The molecule has 190 valence electrons. The monoisotopic (exact) mass is 521 g/mol. The van der Waals surface area contributed by atoms with Crippen LogP contribution in [0.15, 0.2) is 22.7 Å². The van der Waals surface area contributed by atoms with Gasteiger partial charge in [0.1, 0.15) is 5.56 Å². The Morgan fingerprint density at radius 2 is 1.71 bits per heavy atom. The largest absolute Gasteiger partial charge is 0.465 e. The molecular formula is C24H31N3O6S2. The molecule has 9 nitrogen and oxygen atoms in total. The summed E-state index contributed by atoms with van der Waals surface area (Å²) in [5.74, 6) is -0.172. The minimum Gasteiger partial charge on any atom is -0.465 e. The number of methoxy groups -OCH3 is 1. The smallest absolute Gasteiger partial charge is 0.374 e. The molecule has 0 atom stereocenters. The van der Waals surface area contributed by atoms with Crippen molar-refractivity contribution in [3.05, 3.63) is 40.6 Å². The van der Waals surface area contributed by atoms with Crippen molar-refractivity contribution in [2.45, 2.75) is 51.7 Å². The zero-order valence-electron chi connectivity index (χ0n) is 20.9. The lowest BCUT2D eigenvalue weighted by atomic mass is 9.96. The number of thioether (sulfide) groups is 1. The normalized spacial score (nSPS) is 15.4. The molecule has 1 fully saturated rings. The summed E-state index contributed by atoms with van der Waals surface area (Å²) in [7, 11) is 0.272. The van der Waals surface area contributed by atoms with Crippen molar-refractivity contribution in [1.82, 2.24) is 9.78 Å². The lowest BCUT2D eigenvalue weighted by molar-refractivity contribution is 0.0601. The number of benzene rings is 1. The highest BCUT2D eigenvalue weighted by atomic mass is 32.2. The number of ether oxygens (including phenoxy) is 2. The Labute approximate surface area is 210 Å². The van der Waals surface area contributed by atoms with Crippen LogP contribution in [-0.4, -0.2) is 54.4 Å². The van der Waals surface area contributed by atoms with Crippen LogP contribution in [0, 0.1) is 6.92 Å². The van der Waals surface area contributed by atoms with Gasteiger partial charge in [0.05, 0.1) is 34.3 Å². The van der Waals surface area contributed by atoms with E-state index in [1.54, 1.807) is 14.0 Å². The molecule has 0 N–H and O–H groups in total. The highest BCUT2D eigenvalue weighted by molar-refractivity contribution is 8.14. The van der Waals surface area contributed by atoms with Crippen LogP contribution < -0.4 is 4.74 Å². The van der Waals surface area contributed by atoms with Crippen molar-refractivity contribution in [1.29, 1.82) is 0 Å². The highest BCUT2D eigenvalue weighted by Gasteiger charge is 2.28. The van der Waals surface area contributed by atoms with Crippen molar-refractivity contribution >= 4 is 44.2 Å². The van der Waals surface area contributed by atoms with E-state index in [1.165, 1.54) is 30.1 Å². The molecule has 1 saturated heterocycles. The van der Waals surface area contributed by atoms with Gasteiger partial charge in [-0.05, 0) is 49.2 Å². The van der Waals surface area contributed by atoms with E-state index in [4.69, 9.17) is 9.47 Å². The first kappa shape index (κ1) is 26.9. The van der Waals surface area contributed by atoms with E-state index in [-0.39, 0.29) is 33.0 Å². The van der Waals surface area contributed by atoms with Crippen LogP contribution in [0.2, 0.25) is 0 Å². The quantitative estimate of drug-likeness (QED) is 0.396. The zero-order chi connectivity index (χ0) is 26.0. The summed E-state index contributed by atoms with van der Waals surface area (Å²) in [6.07, 6.45) is 3.91. The molecule has 35 heavy (non-hydrogen) atoms. The summed E-state index contributed by atoms with van der Waals surface area (Å²) in [5.41, 5.74) is 1.08. The average Bonchev–Trinajstić information content (AvgIpc) is 3.13. The van der Waals surface area contributed by atoms with Crippen LogP contribution in [0.25, 0.3) is 0 Å². The van der Waals surface area contributed by atoms with Crippen molar-refractivity contribution in [2.75, 3.05) is 18.6 Å². The Bertz CT molecular complexity index is 1270. The molecule has 2 aromatic rings. The number of nitrogens with zero attached hydrogens (tertiary/aromatic N) is 3. The zero-order valence-corrected chi connectivity index (χ0v) is 22.5. The van der Waals surface area contributed by atoms with Crippen molar-refractivity contribution in [3.63, 3.8) is 0 Å². The first-order valence-electron chi connectivity index (χ1n) is 11.3. The number of hydrogen-bond acceptors (Lipinski definition) is 9. The Morgan fingerprint density at radius 3 is 2.31 bits per heavy atom. The predicted molar refractivity (Wildman–Crippen MR) is 136 cm³/mol. The minimum absolute atomic E-state index is 0.0184. The van der Waals surface area contributed by atoms with Crippen molar-refractivity contribution < 1.29 is 28.1 Å². The third kappa shape index (κ3) is 6.32. The van der Waals surface area contributed by atoms with Crippen LogP contribution in [0.1, 0.15) is 71.9 Å². The standard InChI is InChI=1S/C24H31N3O6S2/c1-15-16(20(28)18-14-25-27(5)21(18)33-23(30)34-24(2,3)4)10-11-17(22(29)32-6)19(15)26-35(31)12-8-7-9-13-35/h10-11,14H,7-9,12-13H2,1-6H3. The molecule has 0 radical (unpaired) electrons. The molecule has 0 spiro atoms. The molecular weight excluding hydrogens is 490 g/mol. The van der Waals surface area contributed by atoms with Gasteiger partial charge < -0.3 is 9.47 Å². The van der Waals surface area contributed by atoms with Gasteiger partial charge in [-0.25, -0.2) is 18.5 Å². The van der Waals surface area contributed by atoms with E-state index in [0.29, 0.717) is 17.1 Å². The number of esters is 1.